The number of carbonyl (C=O) groups is 1. The topological polar surface area (TPSA) is 117 Å². The fourth-order valence-corrected chi connectivity index (χ4v) is 5.96. The van der Waals surface area contributed by atoms with Crippen LogP contribution in [0.15, 0.2) is 27.5 Å². The second kappa shape index (κ2) is 13.1. The van der Waals surface area contributed by atoms with Crippen LogP contribution < -0.4 is 5.56 Å². The molecule has 1 saturated heterocycles. The van der Waals surface area contributed by atoms with E-state index in [-0.39, 0.29) is 31.5 Å². The van der Waals surface area contributed by atoms with Crippen LogP contribution in [0.5, 0.6) is 0 Å². The van der Waals surface area contributed by atoms with Crippen molar-refractivity contribution in [2.45, 2.75) is 77.4 Å². The Balaban J connectivity index is 0.00000387. The molecule has 0 bridgehead atoms. The first-order chi connectivity index (χ1) is 19.3. The molecule has 0 aliphatic carbocycles. The Labute approximate surface area is 239 Å². The predicted molar refractivity (Wildman–Crippen MR) is 151 cm³/mol. The SMILES string of the molecule is CCCCOC(=O)OC[N+]1(CCc2c(C)nc3n(c2=O)CCCC3O)CCC(c2noc3cc(F)ccc23)CC1.[CH3-]. The van der Waals surface area contributed by atoms with Crippen LogP contribution in [0.4, 0.5) is 9.18 Å². The van der Waals surface area contributed by atoms with Crippen LogP contribution in [-0.2, 0) is 22.4 Å². The minimum absolute atomic E-state index is 0. The molecule has 41 heavy (non-hydrogen) atoms. The summed E-state index contributed by atoms with van der Waals surface area (Å²) in [7, 11) is 0. The maximum Gasteiger partial charge on any atom is 0.512 e. The van der Waals surface area contributed by atoms with E-state index >= 15 is 0 Å². The van der Waals surface area contributed by atoms with Crippen molar-refractivity contribution in [3.8, 4) is 0 Å². The van der Waals surface area contributed by atoms with Gasteiger partial charge in [0.2, 0.25) is 6.73 Å². The van der Waals surface area contributed by atoms with Crippen molar-refractivity contribution in [2.75, 3.05) is 33.0 Å². The van der Waals surface area contributed by atoms with Crippen LogP contribution in [0.3, 0.4) is 0 Å². The fourth-order valence-electron chi connectivity index (χ4n) is 5.96. The van der Waals surface area contributed by atoms with Crippen molar-refractivity contribution in [3.63, 3.8) is 0 Å². The maximum atomic E-state index is 13.6. The molecule has 0 saturated carbocycles. The van der Waals surface area contributed by atoms with Crippen molar-refractivity contribution >= 4 is 17.1 Å². The lowest BCUT2D eigenvalue weighted by atomic mass is 9.90. The van der Waals surface area contributed by atoms with E-state index in [2.05, 4.69) is 10.1 Å². The number of hydrogen-bond donors (Lipinski definition) is 1. The molecule has 0 amide bonds. The number of ether oxygens (including phenoxy) is 2. The Morgan fingerprint density at radius 2 is 2.02 bits per heavy atom. The summed E-state index contributed by atoms with van der Waals surface area (Å²) in [5.41, 5.74) is 2.41. The molecule has 4 heterocycles. The van der Waals surface area contributed by atoms with Gasteiger partial charge in [0.25, 0.3) is 5.56 Å². The molecule has 0 spiro atoms. The highest BCUT2D eigenvalue weighted by molar-refractivity contribution is 5.79. The Bertz CT molecular complexity index is 1410. The van der Waals surface area contributed by atoms with Gasteiger partial charge in [-0.1, -0.05) is 18.5 Å². The number of halogens is 1. The number of nitrogens with zero attached hydrogens (tertiary/aromatic N) is 4. The van der Waals surface area contributed by atoms with Crippen LogP contribution >= 0.6 is 0 Å². The summed E-state index contributed by atoms with van der Waals surface area (Å²) in [6, 6.07) is 4.47. The van der Waals surface area contributed by atoms with Gasteiger partial charge in [-0.05, 0) is 38.3 Å². The first-order valence-electron chi connectivity index (χ1n) is 14.3. The lowest BCUT2D eigenvalue weighted by molar-refractivity contribution is -0.948. The monoisotopic (exact) mass is 572 g/mol. The molecule has 11 heteroatoms. The first kappa shape index (κ1) is 30.6. The summed E-state index contributed by atoms with van der Waals surface area (Å²) in [6.07, 6.45) is 3.62. The van der Waals surface area contributed by atoms with Crippen LogP contribution in [0.2, 0.25) is 0 Å². The summed E-state index contributed by atoms with van der Waals surface area (Å²) in [4.78, 5) is 30.3. The zero-order valence-corrected chi connectivity index (χ0v) is 24.2. The Hall–Kier alpha value is -3.31. The number of aliphatic hydroxyl groups is 1. The standard InChI is InChI=1S/C29H38FN4O6.CH3/c1-3-4-16-38-29(37)39-18-34(15-11-22-19(2)31-27-24(35)6-5-12-33(27)28(22)36)13-9-20(10-14-34)26-23-8-7-21(30)17-25(23)40-32-26;/h7-8,17,20,24,35H,3-6,9-16,18H2,1-2H3;1H3/q+1;-1. The molecule has 5 rings (SSSR count). The third-order valence-corrected chi connectivity index (χ3v) is 8.42. The zero-order valence-electron chi connectivity index (χ0n) is 24.2. The first-order valence-corrected chi connectivity index (χ1v) is 14.3. The molecule has 1 aromatic carbocycles. The average Bonchev–Trinajstić information content (AvgIpc) is 3.36. The summed E-state index contributed by atoms with van der Waals surface area (Å²) < 4.78 is 32.0. The number of benzene rings is 1. The van der Waals surface area contributed by atoms with Gasteiger partial charge in [0.1, 0.15) is 17.7 Å². The van der Waals surface area contributed by atoms with Gasteiger partial charge in [0.15, 0.2) is 5.58 Å². The van der Waals surface area contributed by atoms with Crippen LogP contribution in [0.1, 0.15) is 80.2 Å². The fraction of sp³-hybridized carbons (Fsp3) is 0.567. The van der Waals surface area contributed by atoms with Crippen molar-refractivity contribution in [1.29, 1.82) is 0 Å². The van der Waals surface area contributed by atoms with Crippen LogP contribution in [-0.4, -0.2) is 63.4 Å². The van der Waals surface area contributed by atoms with Gasteiger partial charge in [0, 0.05) is 54.4 Å². The smallest absolute Gasteiger partial charge is 0.434 e. The zero-order chi connectivity index (χ0) is 28.3. The number of likely N-dealkylation sites (tertiary alicyclic amines) is 1. The average molecular weight is 573 g/mol. The van der Waals surface area contributed by atoms with Gasteiger partial charge in [-0.3, -0.25) is 13.8 Å². The van der Waals surface area contributed by atoms with Crippen molar-refractivity contribution in [1.82, 2.24) is 14.7 Å². The molecule has 3 aromatic rings. The number of aromatic nitrogens is 3. The van der Waals surface area contributed by atoms with E-state index in [1.807, 2.05) is 13.8 Å². The molecule has 10 nitrogen and oxygen atoms in total. The third-order valence-electron chi connectivity index (χ3n) is 8.42. The number of rotatable bonds is 9. The largest absolute Gasteiger partial charge is 0.512 e. The van der Waals surface area contributed by atoms with Gasteiger partial charge >= 0.3 is 6.16 Å². The Morgan fingerprint density at radius 1 is 1.24 bits per heavy atom. The van der Waals surface area contributed by atoms with Crippen molar-refractivity contribution in [3.05, 3.63) is 64.6 Å². The van der Waals surface area contributed by atoms with E-state index in [4.69, 9.17) is 14.0 Å². The van der Waals surface area contributed by atoms with E-state index in [0.29, 0.717) is 72.8 Å². The van der Waals surface area contributed by atoms with Gasteiger partial charge in [-0.15, -0.1) is 0 Å². The maximum absolute atomic E-state index is 13.6. The summed E-state index contributed by atoms with van der Waals surface area (Å²) in [5.74, 6) is 0.198. The highest BCUT2D eigenvalue weighted by Crippen LogP contribution is 2.35. The van der Waals surface area contributed by atoms with E-state index in [1.54, 1.807) is 10.6 Å². The molecule has 224 valence electrons. The van der Waals surface area contributed by atoms with Gasteiger partial charge in [-0.25, -0.2) is 14.2 Å². The Morgan fingerprint density at radius 3 is 2.78 bits per heavy atom. The third kappa shape index (κ3) is 6.62. The molecule has 1 unspecified atom stereocenters. The lowest BCUT2D eigenvalue weighted by Crippen LogP contribution is -2.55. The van der Waals surface area contributed by atoms with E-state index < -0.39 is 12.3 Å². The molecule has 2 aliphatic heterocycles. The van der Waals surface area contributed by atoms with Crippen molar-refractivity contribution in [2.24, 2.45) is 0 Å². The number of aryl methyl sites for hydroxylation is 1. The van der Waals surface area contributed by atoms with E-state index in [0.717, 1.165) is 43.2 Å². The molecular weight excluding hydrogens is 531 g/mol. The quantitative estimate of drug-likeness (QED) is 0.166. The summed E-state index contributed by atoms with van der Waals surface area (Å²) in [5, 5.41) is 15.4. The van der Waals surface area contributed by atoms with Gasteiger partial charge in [-0.2, -0.15) is 0 Å². The number of quaternary nitrogens is 1. The number of aliphatic hydroxyl groups excluding tert-OH is 1. The van der Waals surface area contributed by atoms with Gasteiger partial charge in [0.05, 0.1) is 31.9 Å². The number of carbonyl (C=O) groups excluding carboxylic acids is 1. The second-order valence-electron chi connectivity index (χ2n) is 11.1. The minimum Gasteiger partial charge on any atom is -0.434 e. The number of unbranched alkanes of at least 4 members (excludes halogenated alkanes) is 1. The number of hydrogen-bond acceptors (Lipinski definition) is 8. The highest BCUT2D eigenvalue weighted by Gasteiger charge is 2.38. The normalized spacial score (nSPS) is 22.1. The summed E-state index contributed by atoms with van der Waals surface area (Å²) in [6.45, 7) is 6.82. The summed E-state index contributed by atoms with van der Waals surface area (Å²) >= 11 is 0. The minimum atomic E-state index is -0.720. The van der Waals surface area contributed by atoms with E-state index in [1.165, 1.54) is 12.1 Å². The second-order valence-corrected chi connectivity index (χ2v) is 11.1. The Kier molecular flexibility index (Phi) is 9.80. The molecule has 1 fully saturated rings. The molecule has 2 aliphatic rings. The predicted octanol–water partition coefficient (Wildman–Crippen LogP) is 4.96. The highest BCUT2D eigenvalue weighted by atomic mass is 19.1. The van der Waals surface area contributed by atoms with Crippen LogP contribution in [0, 0.1) is 20.2 Å². The molecular formula is C30H41FN4O6. The number of piperidine rings is 1. The van der Waals surface area contributed by atoms with Crippen molar-refractivity contribution < 1.29 is 32.8 Å². The molecule has 0 radical (unpaired) electrons. The van der Waals surface area contributed by atoms with Crippen LogP contribution in [0.25, 0.3) is 11.0 Å². The molecule has 1 N–H and O–H groups in total. The lowest BCUT2D eigenvalue weighted by Gasteiger charge is -2.42. The number of fused-ring (bicyclic) bond motifs is 2. The van der Waals surface area contributed by atoms with E-state index in [9.17, 15) is 19.1 Å². The molecule has 2 aromatic heterocycles. The molecule has 1 atom stereocenters. The van der Waals surface area contributed by atoms with Gasteiger partial charge < -0.3 is 26.5 Å².